The minimum Gasteiger partial charge on any atom is -0.375 e. The van der Waals surface area contributed by atoms with Crippen LogP contribution in [0.2, 0.25) is 0 Å². The van der Waals surface area contributed by atoms with E-state index in [2.05, 4.69) is 79.9 Å². The van der Waals surface area contributed by atoms with E-state index in [4.69, 9.17) is 9.47 Å². The predicted molar refractivity (Wildman–Crippen MR) is 217 cm³/mol. The average Bonchev–Trinajstić information content (AvgIpc) is 3.08. The van der Waals surface area contributed by atoms with Crippen molar-refractivity contribution in [2.24, 2.45) is 11.8 Å². The van der Waals surface area contributed by atoms with Crippen LogP contribution in [0.5, 0.6) is 0 Å². The summed E-state index contributed by atoms with van der Waals surface area (Å²) in [6, 6.07) is 20.2. The van der Waals surface area contributed by atoms with E-state index in [0.717, 1.165) is 49.7 Å². The summed E-state index contributed by atoms with van der Waals surface area (Å²) < 4.78 is 13.0. The minimum absolute atomic E-state index is 0.0715. The Morgan fingerprint density at radius 1 is 0.558 bits per heavy atom. The number of amides is 2. The molecule has 52 heavy (non-hydrogen) atoms. The van der Waals surface area contributed by atoms with Gasteiger partial charge in [0, 0.05) is 24.3 Å². The number of ether oxygens (including phenoxy) is 2. The zero-order chi connectivity index (χ0) is 38.8. The summed E-state index contributed by atoms with van der Waals surface area (Å²) in [7, 11) is 0. The van der Waals surface area contributed by atoms with E-state index >= 15 is 0 Å². The van der Waals surface area contributed by atoms with Crippen LogP contribution >= 0.6 is 0 Å². The number of nitrogens with one attached hydrogen (secondary N) is 2. The molecule has 6 nitrogen and oxygen atoms in total. The van der Waals surface area contributed by atoms with Gasteiger partial charge in [-0.1, -0.05) is 100 Å². The van der Waals surface area contributed by atoms with Gasteiger partial charge in [0.25, 0.3) is 0 Å². The molecule has 3 rings (SSSR count). The lowest BCUT2D eigenvalue weighted by atomic mass is 9.74. The van der Waals surface area contributed by atoms with E-state index < -0.39 is 10.8 Å². The molecule has 0 spiro atoms. The molecular formula is C46H74N2O4. The molecule has 0 heterocycles. The molecule has 292 valence electrons. The number of carbonyl (C=O) groups is 2. The van der Waals surface area contributed by atoms with Crippen molar-refractivity contribution in [1.29, 1.82) is 0 Å². The number of hydrogen-bond acceptors (Lipinski definition) is 4. The molecule has 1 saturated carbocycles. The maximum absolute atomic E-state index is 13.5. The molecule has 2 unspecified atom stereocenters. The van der Waals surface area contributed by atoms with Gasteiger partial charge in [0.05, 0.1) is 22.0 Å². The summed E-state index contributed by atoms with van der Waals surface area (Å²) in [4.78, 5) is 27.0. The molecule has 2 N–H and O–H groups in total. The van der Waals surface area contributed by atoms with Gasteiger partial charge in [0.1, 0.15) is 0 Å². The first kappa shape index (κ1) is 43.7. The summed E-state index contributed by atoms with van der Waals surface area (Å²) >= 11 is 0. The topological polar surface area (TPSA) is 76.7 Å². The molecule has 0 bridgehead atoms. The largest absolute Gasteiger partial charge is 0.375 e. The number of hydrogen-bond donors (Lipinski definition) is 2. The van der Waals surface area contributed by atoms with Crippen molar-refractivity contribution < 1.29 is 19.1 Å². The van der Waals surface area contributed by atoms with Crippen LogP contribution in [0, 0.1) is 11.8 Å². The van der Waals surface area contributed by atoms with E-state index in [1.54, 1.807) is 0 Å². The zero-order valence-corrected chi connectivity index (χ0v) is 35.0. The summed E-state index contributed by atoms with van der Waals surface area (Å²) in [5.41, 5.74) is -0.171. The molecule has 0 aromatic heterocycles. The molecule has 6 heteroatoms. The highest BCUT2D eigenvalue weighted by Crippen LogP contribution is 2.39. The van der Waals surface area contributed by atoms with Crippen LogP contribution in [0.15, 0.2) is 60.7 Å². The van der Waals surface area contributed by atoms with E-state index in [9.17, 15) is 9.59 Å². The van der Waals surface area contributed by atoms with E-state index in [-0.39, 0.29) is 34.1 Å². The minimum atomic E-state index is -0.561. The quantitative estimate of drug-likeness (QED) is 0.143. The molecule has 0 radical (unpaired) electrons. The van der Waals surface area contributed by atoms with Gasteiger partial charge in [-0.3, -0.25) is 9.59 Å². The molecular weight excluding hydrogens is 645 g/mol. The van der Waals surface area contributed by atoms with Crippen LogP contribution < -0.4 is 10.6 Å². The zero-order valence-electron chi connectivity index (χ0n) is 35.0. The second-order valence-corrected chi connectivity index (χ2v) is 18.8. The Kier molecular flexibility index (Phi) is 15.2. The van der Waals surface area contributed by atoms with Crippen LogP contribution in [-0.2, 0) is 29.9 Å². The first-order valence-electron chi connectivity index (χ1n) is 20.2. The smallest absolute Gasteiger partial charge is 0.230 e. The standard InChI is InChI=1S/C46H74N2O4/c1-13-45(11,37-21-17-15-18-22-37)39(49)47-41(3,4)29-31-51-43(7,8)33-35-25-27-36(28-26-35)34-44(9,10)52-32-30-42(5,6)48-40(50)46(12,14-2)38-23-19-16-20-24-38/h15-24,35-36H,13-14,25-34H2,1-12H3,(H,47,49)(H,48,50). The molecule has 1 fully saturated rings. The van der Waals surface area contributed by atoms with E-state index in [1.807, 2.05) is 74.5 Å². The van der Waals surface area contributed by atoms with Crippen LogP contribution in [0.3, 0.4) is 0 Å². The normalized spacial score (nSPS) is 19.7. The molecule has 2 aromatic carbocycles. The van der Waals surface area contributed by atoms with Crippen LogP contribution in [0.4, 0.5) is 0 Å². The highest BCUT2D eigenvalue weighted by Gasteiger charge is 2.38. The van der Waals surface area contributed by atoms with Crippen molar-refractivity contribution in [3.8, 4) is 0 Å². The van der Waals surface area contributed by atoms with Gasteiger partial charge in [-0.25, -0.2) is 0 Å². The third-order valence-electron chi connectivity index (χ3n) is 12.1. The van der Waals surface area contributed by atoms with Crippen molar-refractivity contribution in [3.05, 3.63) is 71.8 Å². The highest BCUT2D eigenvalue weighted by molar-refractivity contribution is 5.88. The Morgan fingerprint density at radius 3 is 1.15 bits per heavy atom. The third-order valence-corrected chi connectivity index (χ3v) is 12.1. The van der Waals surface area contributed by atoms with Crippen molar-refractivity contribution in [2.45, 2.75) is 180 Å². The number of benzene rings is 2. The third kappa shape index (κ3) is 12.7. The maximum atomic E-state index is 13.5. The van der Waals surface area contributed by atoms with Gasteiger partial charge in [-0.15, -0.1) is 0 Å². The number of carbonyl (C=O) groups excluding carboxylic acids is 2. The van der Waals surface area contributed by atoms with Gasteiger partial charge in [-0.05, 0) is 131 Å². The van der Waals surface area contributed by atoms with E-state index in [0.29, 0.717) is 25.0 Å². The van der Waals surface area contributed by atoms with Gasteiger partial charge < -0.3 is 20.1 Å². The van der Waals surface area contributed by atoms with Crippen molar-refractivity contribution >= 4 is 11.8 Å². The Bertz CT molecular complexity index is 1290. The van der Waals surface area contributed by atoms with Gasteiger partial charge in [0.2, 0.25) is 11.8 Å². The van der Waals surface area contributed by atoms with Crippen LogP contribution in [0.25, 0.3) is 0 Å². The lowest BCUT2D eigenvalue weighted by Gasteiger charge is -2.38. The van der Waals surface area contributed by atoms with Crippen LogP contribution in [0.1, 0.15) is 158 Å². The van der Waals surface area contributed by atoms with Gasteiger partial charge in [0.15, 0.2) is 0 Å². The molecule has 1 aliphatic carbocycles. The molecule has 2 atom stereocenters. The monoisotopic (exact) mass is 719 g/mol. The first-order chi connectivity index (χ1) is 24.2. The molecule has 0 saturated heterocycles. The fourth-order valence-electron chi connectivity index (χ4n) is 7.93. The first-order valence-corrected chi connectivity index (χ1v) is 20.2. The fourth-order valence-corrected chi connectivity index (χ4v) is 7.93. The van der Waals surface area contributed by atoms with Gasteiger partial charge in [-0.2, -0.15) is 0 Å². The fraction of sp³-hybridized carbons (Fsp3) is 0.696. The Morgan fingerprint density at radius 2 is 0.865 bits per heavy atom. The second kappa shape index (κ2) is 18.1. The van der Waals surface area contributed by atoms with E-state index in [1.165, 1.54) is 25.7 Å². The Balaban J connectivity index is 1.39. The molecule has 2 aromatic rings. The Labute approximate surface area is 318 Å². The summed E-state index contributed by atoms with van der Waals surface area (Å²) in [5, 5.41) is 6.66. The lowest BCUT2D eigenvalue weighted by molar-refractivity contribution is -0.129. The molecule has 2 amide bonds. The molecule has 0 aliphatic heterocycles. The molecule has 1 aliphatic rings. The lowest BCUT2D eigenvalue weighted by Crippen LogP contribution is -2.52. The van der Waals surface area contributed by atoms with Crippen molar-refractivity contribution in [2.75, 3.05) is 13.2 Å². The summed E-state index contributed by atoms with van der Waals surface area (Å²) in [5.74, 6) is 1.46. The van der Waals surface area contributed by atoms with Crippen molar-refractivity contribution in [1.82, 2.24) is 10.6 Å². The predicted octanol–water partition coefficient (Wildman–Crippen LogP) is 10.5. The highest BCUT2D eigenvalue weighted by atomic mass is 16.5. The summed E-state index contributed by atoms with van der Waals surface area (Å²) in [6.45, 7) is 26.7. The second-order valence-electron chi connectivity index (χ2n) is 18.8. The van der Waals surface area contributed by atoms with Crippen LogP contribution in [-0.4, -0.2) is 47.3 Å². The number of rotatable bonds is 20. The maximum Gasteiger partial charge on any atom is 0.230 e. The average molecular weight is 719 g/mol. The summed E-state index contributed by atoms with van der Waals surface area (Å²) in [6.07, 6.45) is 9.99. The van der Waals surface area contributed by atoms with Crippen molar-refractivity contribution in [3.63, 3.8) is 0 Å². The van der Waals surface area contributed by atoms with Gasteiger partial charge >= 0.3 is 0 Å². The SMILES string of the molecule is CCC(C)(C(=O)NC(C)(C)CCOC(C)(C)CC1CCC(CC(C)(C)OCCC(C)(C)NC(=O)C(C)(CC)c2ccccc2)CC1)c1ccccc1. The Hall–Kier alpha value is -2.70.